The van der Waals surface area contributed by atoms with Crippen LogP contribution in [0.4, 0.5) is 0 Å². The molecule has 3 unspecified atom stereocenters. The maximum atomic E-state index is 12.9. The van der Waals surface area contributed by atoms with E-state index in [4.69, 9.17) is 4.74 Å². The Morgan fingerprint density at radius 1 is 1.26 bits per heavy atom. The number of carbonyl (C=O) groups is 1. The lowest BCUT2D eigenvalue weighted by Crippen LogP contribution is -2.53. The number of aromatic nitrogens is 1. The minimum atomic E-state index is -0.0233. The minimum Gasteiger partial charge on any atom is -0.378 e. The summed E-state index contributed by atoms with van der Waals surface area (Å²) in [5.74, 6) is 0.459. The van der Waals surface area contributed by atoms with E-state index in [9.17, 15) is 4.79 Å². The standard InChI is InChI=1S/C19H20N2O2/c1-12-18(14(7-9-20-12)13-5-3-2-4-6-13)19(22)21-16-11-17-15(16)8-10-23-17/h2-7,9,15-17H,8,10-11H2,1H3,(H,21,22). The summed E-state index contributed by atoms with van der Waals surface area (Å²) in [6, 6.07) is 12.1. The second-order valence-electron chi connectivity index (χ2n) is 6.36. The summed E-state index contributed by atoms with van der Waals surface area (Å²) in [6.07, 6.45) is 4.09. The second-order valence-corrected chi connectivity index (χ2v) is 6.36. The lowest BCUT2D eigenvalue weighted by atomic mass is 9.76. The quantitative estimate of drug-likeness (QED) is 0.948. The van der Waals surface area contributed by atoms with Crippen LogP contribution in [-0.4, -0.2) is 29.6 Å². The van der Waals surface area contributed by atoms with Crippen molar-refractivity contribution in [3.63, 3.8) is 0 Å². The highest BCUT2D eigenvalue weighted by Crippen LogP contribution is 2.39. The Hall–Kier alpha value is -2.20. The smallest absolute Gasteiger partial charge is 0.253 e. The van der Waals surface area contributed by atoms with E-state index in [1.165, 1.54) is 0 Å². The van der Waals surface area contributed by atoms with Gasteiger partial charge in [0.1, 0.15) is 0 Å². The number of nitrogens with zero attached hydrogens (tertiary/aromatic N) is 1. The molecule has 0 radical (unpaired) electrons. The van der Waals surface area contributed by atoms with Crippen molar-refractivity contribution in [3.05, 3.63) is 53.9 Å². The van der Waals surface area contributed by atoms with E-state index in [0.29, 0.717) is 17.6 Å². The van der Waals surface area contributed by atoms with Gasteiger partial charge in [-0.3, -0.25) is 9.78 Å². The van der Waals surface area contributed by atoms with Gasteiger partial charge >= 0.3 is 0 Å². The molecule has 1 amide bonds. The molecule has 4 rings (SSSR count). The maximum absolute atomic E-state index is 12.9. The monoisotopic (exact) mass is 308 g/mol. The number of benzene rings is 1. The van der Waals surface area contributed by atoms with Gasteiger partial charge in [-0.05, 0) is 37.0 Å². The van der Waals surface area contributed by atoms with Crippen molar-refractivity contribution < 1.29 is 9.53 Å². The van der Waals surface area contributed by atoms with Crippen LogP contribution in [0.2, 0.25) is 0 Å². The molecule has 4 heteroatoms. The number of amides is 1. The molecule has 118 valence electrons. The van der Waals surface area contributed by atoms with E-state index in [2.05, 4.69) is 10.3 Å². The number of nitrogens with one attached hydrogen (secondary N) is 1. The minimum absolute atomic E-state index is 0.0233. The topological polar surface area (TPSA) is 51.2 Å². The Bertz CT molecular complexity index is 729. The number of hydrogen-bond donors (Lipinski definition) is 1. The molecule has 2 fully saturated rings. The first-order valence-corrected chi connectivity index (χ1v) is 8.17. The van der Waals surface area contributed by atoms with Crippen LogP contribution in [-0.2, 0) is 4.74 Å². The van der Waals surface area contributed by atoms with Gasteiger partial charge in [-0.2, -0.15) is 0 Å². The molecule has 2 heterocycles. The van der Waals surface area contributed by atoms with Crippen LogP contribution in [0.1, 0.15) is 28.9 Å². The molecule has 1 aromatic heterocycles. The van der Waals surface area contributed by atoms with Gasteiger partial charge in [0.15, 0.2) is 0 Å². The Kier molecular flexibility index (Phi) is 3.62. The predicted molar refractivity (Wildman–Crippen MR) is 88.1 cm³/mol. The van der Waals surface area contributed by atoms with Crippen LogP contribution >= 0.6 is 0 Å². The fourth-order valence-electron chi connectivity index (χ4n) is 3.72. The van der Waals surface area contributed by atoms with Gasteiger partial charge in [0.05, 0.1) is 17.4 Å². The number of aryl methyl sites for hydroxylation is 1. The molecule has 1 aliphatic heterocycles. The molecule has 4 nitrogen and oxygen atoms in total. The van der Waals surface area contributed by atoms with Gasteiger partial charge < -0.3 is 10.1 Å². The average Bonchev–Trinajstić information content (AvgIpc) is 2.94. The average molecular weight is 308 g/mol. The van der Waals surface area contributed by atoms with Gasteiger partial charge in [0, 0.05) is 24.8 Å². The van der Waals surface area contributed by atoms with E-state index in [-0.39, 0.29) is 11.9 Å². The van der Waals surface area contributed by atoms with E-state index in [1.807, 2.05) is 43.3 Å². The van der Waals surface area contributed by atoms with Crippen LogP contribution < -0.4 is 5.32 Å². The van der Waals surface area contributed by atoms with Crippen molar-refractivity contribution in [1.82, 2.24) is 10.3 Å². The normalized spacial score (nSPS) is 25.5. The fourth-order valence-corrected chi connectivity index (χ4v) is 3.72. The molecule has 23 heavy (non-hydrogen) atoms. The van der Waals surface area contributed by atoms with Gasteiger partial charge in [-0.1, -0.05) is 30.3 Å². The largest absolute Gasteiger partial charge is 0.378 e. The Morgan fingerprint density at radius 2 is 2.09 bits per heavy atom. The summed E-state index contributed by atoms with van der Waals surface area (Å²) in [4.78, 5) is 17.2. The molecule has 2 aromatic rings. The summed E-state index contributed by atoms with van der Waals surface area (Å²) < 4.78 is 5.62. The maximum Gasteiger partial charge on any atom is 0.253 e. The van der Waals surface area contributed by atoms with E-state index in [1.54, 1.807) is 6.20 Å². The summed E-state index contributed by atoms with van der Waals surface area (Å²) in [5.41, 5.74) is 3.43. The number of carbonyl (C=O) groups excluding carboxylic acids is 1. The van der Waals surface area contributed by atoms with Gasteiger partial charge in [-0.25, -0.2) is 0 Å². The molecule has 0 spiro atoms. The first kappa shape index (κ1) is 14.4. The Balaban J connectivity index is 1.62. The zero-order valence-corrected chi connectivity index (χ0v) is 13.2. The lowest BCUT2D eigenvalue weighted by molar-refractivity contribution is 0.00810. The second kappa shape index (κ2) is 5.78. The number of ether oxygens (including phenoxy) is 1. The lowest BCUT2D eigenvalue weighted by Gasteiger charge is -2.39. The first-order chi connectivity index (χ1) is 11.2. The summed E-state index contributed by atoms with van der Waals surface area (Å²) in [5, 5.41) is 3.20. The SMILES string of the molecule is Cc1nccc(-c2ccccc2)c1C(=O)NC1CC2OCCC12. The van der Waals surface area contributed by atoms with Crippen molar-refractivity contribution in [3.8, 4) is 11.1 Å². The van der Waals surface area contributed by atoms with Crippen LogP contribution in [0.15, 0.2) is 42.6 Å². The summed E-state index contributed by atoms with van der Waals surface area (Å²) in [6.45, 7) is 2.71. The number of rotatable bonds is 3. The zero-order valence-electron chi connectivity index (χ0n) is 13.2. The highest BCUT2D eigenvalue weighted by atomic mass is 16.5. The Morgan fingerprint density at radius 3 is 2.87 bits per heavy atom. The van der Waals surface area contributed by atoms with Crippen molar-refractivity contribution in [2.45, 2.75) is 31.9 Å². The fraction of sp³-hybridized carbons (Fsp3) is 0.368. The molecule has 3 atom stereocenters. The molecular formula is C19H20N2O2. The highest BCUT2D eigenvalue weighted by Gasteiger charge is 2.46. The van der Waals surface area contributed by atoms with E-state index < -0.39 is 0 Å². The third-order valence-electron chi connectivity index (χ3n) is 5.03. The van der Waals surface area contributed by atoms with Crippen molar-refractivity contribution in [2.75, 3.05) is 6.61 Å². The number of fused-ring (bicyclic) bond motifs is 1. The zero-order chi connectivity index (χ0) is 15.8. The molecular weight excluding hydrogens is 288 g/mol. The third-order valence-corrected chi connectivity index (χ3v) is 5.03. The molecule has 1 saturated heterocycles. The summed E-state index contributed by atoms with van der Waals surface area (Å²) in [7, 11) is 0. The van der Waals surface area contributed by atoms with Crippen molar-refractivity contribution in [2.24, 2.45) is 5.92 Å². The first-order valence-electron chi connectivity index (χ1n) is 8.17. The van der Waals surface area contributed by atoms with Crippen molar-refractivity contribution in [1.29, 1.82) is 0 Å². The Labute approximate surface area is 135 Å². The van der Waals surface area contributed by atoms with E-state index >= 15 is 0 Å². The highest BCUT2D eigenvalue weighted by molar-refractivity contribution is 6.02. The van der Waals surface area contributed by atoms with Crippen LogP contribution in [0, 0.1) is 12.8 Å². The van der Waals surface area contributed by atoms with Gasteiger partial charge in [0.25, 0.3) is 5.91 Å². The molecule has 1 saturated carbocycles. The molecule has 1 aromatic carbocycles. The molecule has 2 aliphatic rings. The van der Waals surface area contributed by atoms with Gasteiger partial charge in [0.2, 0.25) is 0 Å². The van der Waals surface area contributed by atoms with Crippen molar-refractivity contribution >= 4 is 5.91 Å². The predicted octanol–water partition coefficient (Wildman–Crippen LogP) is 2.96. The van der Waals surface area contributed by atoms with Crippen LogP contribution in [0.5, 0.6) is 0 Å². The third kappa shape index (κ3) is 2.53. The van der Waals surface area contributed by atoms with Crippen LogP contribution in [0.25, 0.3) is 11.1 Å². The molecule has 1 aliphatic carbocycles. The van der Waals surface area contributed by atoms with E-state index in [0.717, 1.165) is 36.3 Å². The summed E-state index contributed by atoms with van der Waals surface area (Å²) >= 11 is 0. The molecule has 1 N–H and O–H groups in total. The number of pyridine rings is 1. The van der Waals surface area contributed by atoms with Crippen LogP contribution in [0.3, 0.4) is 0 Å². The number of hydrogen-bond acceptors (Lipinski definition) is 3. The molecule has 0 bridgehead atoms. The van der Waals surface area contributed by atoms with Gasteiger partial charge in [-0.15, -0.1) is 0 Å².